The van der Waals surface area contributed by atoms with Crippen LogP contribution >= 0.6 is 0 Å². The van der Waals surface area contributed by atoms with Crippen LogP contribution in [0.1, 0.15) is 155 Å². The first-order valence-corrected chi connectivity index (χ1v) is 20.8. The molecule has 0 aromatic carbocycles. The molecule has 4 N–H and O–H groups in total. The maximum absolute atomic E-state index is 12.7. The van der Waals surface area contributed by atoms with Gasteiger partial charge in [0.15, 0.2) is 6.29 Å². The fourth-order valence-corrected chi connectivity index (χ4v) is 6.40. The van der Waals surface area contributed by atoms with Crippen LogP contribution in [-0.4, -0.2) is 97.5 Å². The average molecular weight is 739 g/mol. The second-order valence-electron chi connectivity index (χ2n) is 13.5. The number of rotatable bonds is 33. The molecule has 1 aliphatic heterocycles. The predicted octanol–water partition coefficient (Wildman–Crippen LogP) is 6.74. The maximum Gasteiger partial charge on any atom is 0.397 e. The van der Waals surface area contributed by atoms with Gasteiger partial charge in [0.1, 0.15) is 30.5 Å². The van der Waals surface area contributed by atoms with Crippen molar-refractivity contribution in [1.29, 1.82) is 0 Å². The van der Waals surface area contributed by atoms with E-state index < -0.39 is 59.8 Å². The Morgan fingerprint density at radius 2 is 1.28 bits per heavy atom. The zero-order valence-electron chi connectivity index (χ0n) is 31.0. The monoisotopic (exact) mass is 738 g/mol. The highest BCUT2D eigenvalue weighted by Crippen LogP contribution is 2.26. The fourth-order valence-electron chi connectivity index (χ4n) is 5.89. The number of aliphatic hydroxyl groups is 3. The molecule has 0 spiro atoms. The molecule has 1 fully saturated rings. The third-order valence-electron chi connectivity index (χ3n) is 8.89. The van der Waals surface area contributed by atoms with Gasteiger partial charge in [-0.25, -0.2) is 4.18 Å². The van der Waals surface area contributed by atoms with E-state index in [9.17, 15) is 28.5 Å². The Morgan fingerprint density at radius 1 is 0.740 bits per heavy atom. The van der Waals surface area contributed by atoms with Crippen molar-refractivity contribution in [3.8, 4) is 0 Å². The number of aliphatic hydroxyl groups excluding tert-OH is 3. The molecule has 1 saturated heterocycles. The minimum Gasteiger partial charge on any atom is -0.457 e. The zero-order valence-corrected chi connectivity index (χ0v) is 31.8. The Morgan fingerprint density at radius 3 is 1.86 bits per heavy atom. The van der Waals surface area contributed by atoms with Gasteiger partial charge in [-0.3, -0.25) is 9.35 Å². The van der Waals surface area contributed by atoms with Crippen LogP contribution in [0.15, 0.2) is 12.2 Å². The summed E-state index contributed by atoms with van der Waals surface area (Å²) in [6.07, 6.45) is 19.7. The Kier molecular flexibility index (Phi) is 28.4. The first-order chi connectivity index (χ1) is 24.1. The Bertz CT molecular complexity index is 947. The molecule has 0 saturated carbocycles. The Balaban J connectivity index is 2.51. The molecule has 50 heavy (non-hydrogen) atoms. The molecule has 0 bridgehead atoms. The first-order valence-electron chi connectivity index (χ1n) is 19.4. The van der Waals surface area contributed by atoms with E-state index in [0.717, 1.165) is 44.9 Å². The van der Waals surface area contributed by atoms with Gasteiger partial charge < -0.3 is 34.3 Å². The van der Waals surface area contributed by atoms with Gasteiger partial charge in [-0.15, -0.1) is 0 Å². The summed E-state index contributed by atoms with van der Waals surface area (Å²) in [5.74, 6) is -0.403. The van der Waals surface area contributed by atoms with Gasteiger partial charge in [0.05, 0.1) is 19.8 Å². The van der Waals surface area contributed by atoms with E-state index in [1.807, 2.05) is 0 Å². The van der Waals surface area contributed by atoms with E-state index in [2.05, 4.69) is 30.2 Å². The van der Waals surface area contributed by atoms with E-state index >= 15 is 0 Å². The molecule has 1 rings (SSSR count). The Hall–Kier alpha value is -1.16. The predicted molar refractivity (Wildman–Crippen MR) is 193 cm³/mol. The summed E-state index contributed by atoms with van der Waals surface area (Å²) >= 11 is 0. The van der Waals surface area contributed by atoms with Crippen molar-refractivity contribution in [1.82, 2.24) is 0 Å². The molecule has 6 atom stereocenters. The fraction of sp³-hybridized carbons (Fsp3) is 0.919. The average Bonchev–Trinajstić information content (AvgIpc) is 3.08. The molecular weight excluding hydrogens is 668 g/mol. The summed E-state index contributed by atoms with van der Waals surface area (Å²) in [6, 6.07) is 0. The van der Waals surface area contributed by atoms with Crippen molar-refractivity contribution in [2.75, 3.05) is 26.4 Å². The van der Waals surface area contributed by atoms with Crippen molar-refractivity contribution < 1.29 is 56.2 Å². The quantitative estimate of drug-likeness (QED) is 0.0242. The summed E-state index contributed by atoms with van der Waals surface area (Å²) in [4.78, 5) is 12.7. The lowest BCUT2D eigenvalue weighted by atomic mass is 9.99. The summed E-state index contributed by atoms with van der Waals surface area (Å²) in [7, 11) is -5.05. The first kappa shape index (κ1) is 46.9. The molecule has 0 aromatic rings. The zero-order chi connectivity index (χ0) is 36.9. The van der Waals surface area contributed by atoms with Crippen LogP contribution in [0.2, 0.25) is 0 Å². The van der Waals surface area contributed by atoms with Crippen LogP contribution in [0.25, 0.3) is 0 Å². The second-order valence-corrected chi connectivity index (χ2v) is 14.6. The molecule has 12 nitrogen and oxygen atoms in total. The van der Waals surface area contributed by atoms with Crippen LogP contribution < -0.4 is 0 Å². The van der Waals surface area contributed by atoms with Crippen molar-refractivity contribution in [2.24, 2.45) is 0 Å². The number of hydrogen-bond acceptors (Lipinski definition) is 11. The number of carbonyl (C=O) groups excluding carboxylic acids is 1. The molecular formula is C37H70O12S. The lowest BCUT2D eigenvalue weighted by Crippen LogP contribution is -2.60. The van der Waals surface area contributed by atoms with Crippen molar-refractivity contribution >= 4 is 16.4 Å². The normalized spacial score (nSPS) is 21.9. The number of esters is 1. The third-order valence-corrected chi connectivity index (χ3v) is 9.35. The van der Waals surface area contributed by atoms with Gasteiger partial charge in [-0.1, -0.05) is 129 Å². The highest BCUT2D eigenvalue weighted by atomic mass is 32.3. The molecule has 1 aliphatic rings. The van der Waals surface area contributed by atoms with Crippen LogP contribution in [0.4, 0.5) is 0 Å². The molecule has 296 valence electrons. The molecule has 0 amide bonds. The van der Waals surface area contributed by atoms with Crippen LogP contribution in [-0.2, 0) is 38.3 Å². The summed E-state index contributed by atoms with van der Waals surface area (Å²) < 4.78 is 58.7. The number of carbonyl (C=O) groups is 1. The smallest absolute Gasteiger partial charge is 0.397 e. The molecule has 0 aliphatic carbocycles. The summed E-state index contributed by atoms with van der Waals surface area (Å²) in [5.41, 5.74) is 0. The second kappa shape index (κ2) is 30.3. The van der Waals surface area contributed by atoms with E-state index in [1.54, 1.807) is 0 Å². The largest absolute Gasteiger partial charge is 0.457 e. The number of hydrogen-bond donors (Lipinski definition) is 4. The van der Waals surface area contributed by atoms with E-state index in [-0.39, 0.29) is 19.6 Å². The Labute approximate surface area is 302 Å². The third kappa shape index (κ3) is 24.2. The number of unbranched alkanes of at least 4 members (excludes halogenated alkanes) is 18. The molecule has 1 heterocycles. The van der Waals surface area contributed by atoms with Crippen LogP contribution in [0, 0.1) is 0 Å². The standard InChI is InChI=1S/C37H70O12S/c1-3-5-7-9-11-13-15-17-19-21-23-25-27-45-29-31(47-33(39)26-24-22-20-18-16-14-12-10-8-6-4-2)30-46-37-35(41)36(49-50(42,43)44)34(40)32(28-38)48-37/h9,11,31-32,34-38,40-41H,3-8,10,12-30H2,1-2H3,(H,42,43,44)/b11-9-. The van der Waals surface area contributed by atoms with Gasteiger partial charge in [-0.05, 0) is 32.1 Å². The molecule has 0 radical (unpaired) electrons. The van der Waals surface area contributed by atoms with Gasteiger partial charge in [0, 0.05) is 13.0 Å². The lowest BCUT2D eigenvalue weighted by molar-refractivity contribution is -0.301. The highest BCUT2D eigenvalue weighted by molar-refractivity contribution is 7.80. The molecule has 13 heteroatoms. The number of allylic oxidation sites excluding steroid dienone is 2. The highest BCUT2D eigenvalue weighted by Gasteiger charge is 2.48. The van der Waals surface area contributed by atoms with Crippen molar-refractivity contribution in [3.63, 3.8) is 0 Å². The lowest BCUT2D eigenvalue weighted by Gasteiger charge is -2.41. The maximum atomic E-state index is 12.7. The SMILES string of the molecule is CCCC/C=C\CCCCCCCCOCC(COC1OC(CO)C(O)C(OS(=O)(=O)O)C1O)OC(=O)CCCCCCCCCCCCC. The summed E-state index contributed by atoms with van der Waals surface area (Å²) in [6.45, 7) is 3.92. The minimum absolute atomic E-state index is 0.0359. The van der Waals surface area contributed by atoms with Gasteiger partial charge in [0.2, 0.25) is 0 Å². The van der Waals surface area contributed by atoms with Crippen molar-refractivity contribution in [2.45, 2.75) is 192 Å². The van der Waals surface area contributed by atoms with Crippen LogP contribution in [0.3, 0.4) is 0 Å². The minimum atomic E-state index is -5.05. The van der Waals surface area contributed by atoms with Crippen LogP contribution in [0.5, 0.6) is 0 Å². The van der Waals surface area contributed by atoms with Crippen molar-refractivity contribution in [3.05, 3.63) is 12.2 Å². The van der Waals surface area contributed by atoms with Gasteiger partial charge in [0.25, 0.3) is 0 Å². The van der Waals surface area contributed by atoms with E-state index in [4.69, 9.17) is 23.5 Å². The number of ether oxygens (including phenoxy) is 4. The van der Waals surface area contributed by atoms with E-state index in [1.165, 1.54) is 83.5 Å². The van der Waals surface area contributed by atoms with E-state index in [0.29, 0.717) is 13.0 Å². The topological polar surface area (TPSA) is 178 Å². The van der Waals surface area contributed by atoms with Gasteiger partial charge >= 0.3 is 16.4 Å². The molecule has 0 aromatic heterocycles. The molecule has 6 unspecified atom stereocenters. The summed E-state index contributed by atoms with van der Waals surface area (Å²) in [5, 5.41) is 30.5. The van der Waals surface area contributed by atoms with Gasteiger partial charge in [-0.2, -0.15) is 8.42 Å².